The SMILES string of the molecule is C=C/C(=C\C=C\CN(CC)c1ccc(OC)cc1)CC. The first kappa shape index (κ1) is 16.1. The van der Waals surface area contributed by atoms with E-state index in [2.05, 4.69) is 55.7 Å². The van der Waals surface area contributed by atoms with Crippen molar-refractivity contribution in [1.29, 1.82) is 0 Å². The predicted octanol–water partition coefficient (Wildman–Crippen LogP) is 4.60. The topological polar surface area (TPSA) is 12.5 Å². The standard InChI is InChI=1S/C18H25NO/c1-5-16(6-2)10-8-9-15-19(7-3)17-11-13-18(20-4)14-12-17/h5,8-14H,1,6-7,15H2,2-4H3/b9-8+,16-10+. The van der Waals surface area contributed by atoms with Crippen molar-refractivity contribution in [1.82, 2.24) is 0 Å². The molecule has 1 aromatic carbocycles. The van der Waals surface area contributed by atoms with Crippen molar-refractivity contribution in [2.75, 3.05) is 25.1 Å². The maximum Gasteiger partial charge on any atom is 0.119 e. The number of nitrogens with zero attached hydrogens (tertiary/aromatic N) is 1. The van der Waals surface area contributed by atoms with Crippen molar-refractivity contribution in [2.24, 2.45) is 0 Å². The fourth-order valence-electron chi connectivity index (χ4n) is 1.92. The molecule has 0 heterocycles. The quantitative estimate of drug-likeness (QED) is 0.641. The van der Waals surface area contributed by atoms with Crippen LogP contribution in [-0.2, 0) is 0 Å². The molecule has 0 amide bonds. The summed E-state index contributed by atoms with van der Waals surface area (Å²) in [5.74, 6) is 0.891. The molecule has 0 aliphatic carbocycles. The summed E-state index contributed by atoms with van der Waals surface area (Å²) in [6.07, 6.45) is 9.32. The second-order valence-electron chi connectivity index (χ2n) is 4.46. The molecule has 1 rings (SSSR count). The van der Waals surface area contributed by atoms with E-state index in [9.17, 15) is 0 Å². The van der Waals surface area contributed by atoms with Gasteiger partial charge in [0.25, 0.3) is 0 Å². The number of anilines is 1. The highest BCUT2D eigenvalue weighted by Crippen LogP contribution is 2.18. The van der Waals surface area contributed by atoms with E-state index in [-0.39, 0.29) is 0 Å². The third-order valence-corrected chi connectivity index (χ3v) is 3.26. The molecule has 0 radical (unpaired) electrons. The smallest absolute Gasteiger partial charge is 0.119 e. The number of likely N-dealkylation sites (N-methyl/N-ethyl adjacent to an activating group) is 1. The molecule has 0 saturated carbocycles. The van der Waals surface area contributed by atoms with E-state index in [1.807, 2.05) is 18.2 Å². The molecule has 0 N–H and O–H groups in total. The number of hydrogen-bond donors (Lipinski definition) is 0. The van der Waals surface area contributed by atoms with Gasteiger partial charge in [-0.25, -0.2) is 0 Å². The molecular formula is C18H25NO. The summed E-state index contributed by atoms with van der Waals surface area (Å²) >= 11 is 0. The lowest BCUT2D eigenvalue weighted by Gasteiger charge is -2.21. The highest BCUT2D eigenvalue weighted by Gasteiger charge is 2.01. The fraction of sp³-hybridized carbons (Fsp3) is 0.333. The van der Waals surface area contributed by atoms with Crippen LogP contribution in [0.15, 0.2) is 60.7 Å². The minimum Gasteiger partial charge on any atom is -0.497 e. The summed E-state index contributed by atoms with van der Waals surface area (Å²) in [6.45, 7) is 9.97. The molecule has 0 fully saturated rings. The molecule has 20 heavy (non-hydrogen) atoms. The van der Waals surface area contributed by atoms with Gasteiger partial charge in [-0.05, 0) is 43.2 Å². The summed E-state index contributed by atoms with van der Waals surface area (Å²) < 4.78 is 5.18. The van der Waals surface area contributed by atoms with Crippen LogP contribution < -0.4 is 9.64 Å². The zero-order valence-corrected chi connectivity index (χ0v) is 12.8. The Morgan fingerprint density at radius 2 is 1.95 bits per heavy atom. The number of methoxy groups -OCH3 is 1. The van der Waals surface area contributed by atoms with Crippen LogP contribution in [0.1, 0.15) is 20.3 Å². The number of benzene rings is 1. The second-order valence-corrected chi connectivity index (χ2v) is 4.46. The molecule has 2 heteroatoms. The van der Waals surface area contributed by atoms with Gasteiger partial charge in [0.15, 0.2) is 0 Å². The molecule has 0 spiro atoms. The first-order valence-electron chi connectivity index (χ1n) is 7.12. The van der Waals surface area contributed by atoms with E-state index >= 15 is 0 Å². The molecule has 0 aromatic heterocycles. The number of allylic oxidation sites excluding steroid dienone is 4. The minimum atomic E-state index is 0.891. The average molecular weight is 271 g/mol. The predicted molar refractivity (Wildman–Crippen MR) is 88.6 cm³/mol. The van der Waals surface area contributed by atoms with Crippen molar-refractivity contribution >= 4 is 5.69 Å². The normalized spacial score (nSPS) is 11.7. The first-order valence-corrected chi connectivity index (χ1v) is 7.12. The maximum absolute atomic E-state index is 5.18. The average Bonchev–Trinajstić information content (AvgIpc) is 2.51. The Morgan fingerprint density at radius 3 is 2.45 bits per heavy atom. The van der Waals surface area contributed by atoms with Crippen LogP contribution in [-0.4, -0.2) is 20.2 Å². The van der Waals surface area contributed by atoms with Crippen LogP contribution in [0.5, 0.6) is 5.75 Å². The Labute approximate surface area is 123 Å². The second kappa shape index (κ2) is 9.03. The van der Waals surface area contributed by atoms with Gasteiger partial charge in [0.2, 0.25) is 0 Å². The van der Waals surface area contributed by atoms with Gasteiger partial charge in [0.1, 0.15) is 5.75 Å². The van der Waals surface area contributed by atoms with Gasteiger partial charge in [0.05, 0.1) is 7.11 Å². The lowest BCUT2D eigenvalue weighted by atomic mass is 10.2. The van der Waals surface area contributed by atoms with E-state index in [0.717, 1.165) is 25.3 Å². The van der Waals surface area contributed by atoms with Gasteiger partial charge < -0.3 is 9.64 Å². The third-order valence-electron chi connectivity index (χ3n) is 3.26. The van der Waals surface area contributed by atoms with E-state index in [1.54, 1.807) is 7.11 Å². The highest BCUT2D eigenvalue weighted by molar-refractivity contribution is 5.49. The van der Waals surface area contributed by atoms with Gasteiger partial charge in [-0.3, -0.25) is 0 Å². The Hall–Kier alpha value is -1.96. The number of rotatable bonds is 8. The molecule has 0 unspecified atom stereocenters. The maximum atomic E-state index is 5.18. The zero-order chi connectivity index (χ0) is 14.8. The van der Waals surface area contributed by atoms with Gasteiger partial charge in [0, 0.05) is 18.8 Å². The van der Waals surface area contributed by atoms with Crippen molar-refractivity contribution in [3.05, 3.63) is 60.7 Å². The fourth-order valence-corrected chi connectivity index (χ4v) is 1.92. The molecule has 0 saturated heterocycles. The van der Waals surface area contributed by atoms with E-state index in [1.165, 1.54) is 11.3 Å². The summed E-state index contributed by atoms with van der Waals surface area (Å²) in [5.41, 5.74) is 2.47. The van der Waals surface area contributed by atoms with Gasteiger partial charge in [-0.1, -0.05) is 37.8 Å². The molecule has 0 atom stereocenters. The number of hydrogen-bond acceptors (Lipinski definition) is 2. The molecule has 108 valence electrons. The Balaban J connectivity index is 2.64. The van der Waals surface area contributed by atoms with Crippen LogP contribution in [0.25, 0.3) is 0 Å². The zero-order valence-electron chi connectivity index (χ0n) is 12.8. The van der Waals surface area contributed by atoms with Gasteiger partial charge in [-0.15, -0.1) is 0 Å². The van der Waals surface area contributed by atoms with Crippen molar-refractivity contribution in [2.45, 2.75) is 20.3 Å². The van der Waals surface area contributed by atoms with Crippen LogP contribution in [0.3, 0.4) is 0 Å². The van der Waals surface area contributed by atoms with Crippen molar-refractivity contribution in [3.8, 4) is 5.75 Å². The van der Waals surface area contributed by atoms with Crippen LogP contribution in [0.4, 0.5) is 5.69 Å². The lowest BCUT2D eigenvalue weighted by molar-refractivity contribution is 0.415. The molecule has 0 aliphatic rings. The summed E-state index contributed by atoms with van der Waals surface area (Å²) in [7, 11) is 1.69. The van der Waals surface area contributed by atoms with Gasteiger partial charge >= 0.3 is 0 Å². The number of ether oxygens (including phenoxy) is 1. The molecule has 0 aliphatic heterocycles. The van der Waals surface area contributed by atoms with Crippen LogP contribution in [0.2, 0.25) is 0 Å². The first-order chi connectivity index (χ1) is 9.74. The third kappa shape index (κ3) is 4.96. The van der Waals surface area contributed by atoms with Crippen molar-refractivity contribution in [3.63, 3.8) is 0 Å². The van der Waals surface area contributed by atoms with E-state index in [0.29, 0.717) is 0 Å². The van der Waals surface area contributed by atoms with Crippen LogP contribution in [0, 0.1) is 0 Å². The monoisotopic (exact) mass is 271 g/mol. The Morgan fingerprint density at radius 1 is 1.25 bits per heavy atom. The van der Waals surface area contributed by atoms with E-state index < -0.39 is 0 Å². The molecule has 2 nitrogen and oxygen atoms in total. The Bertz CT molecular complexity index is 457. The molecule has 1 aromatic rings. The van der Waals surface area contributed by atoms with Crippen LogP contribution >= 0.6 is 0 Å². The largest absolute Gasteiger partial charge is 0.497 e. The summed E-state index contributed by atoms with van der Waals surface area (Å²) in [6, 6.07) is 8.17. The lowest BCUT2D eigenvalue weighted by Crippen LogP contribution is -2.22. The van der Waals surface area contributed by atoms with Gasteiger partial charge in [-0.2, -0.15) is 0 Å². The highest BCUT2D eigenvalue weighted by atomic mass is 16.5. The molecule has 0 bridgehead atoms. The Kier molecular flexibility index (Phi) is 7.26. The summed E-state index contributed by atoms with van der Waals surface area (Å²) in [4.78, 5) is 2.31. The van der Waals surface area contributed by atoms with Crippen molar-refractivity contribution < 1.29 is 4.74 Å². The summed E-state index contributed by atoms with van der Waals surface area (Å²) in [5, 5.41) is 0. The van der Waals surface area contributed by atoms with E-state index in [4.69, 9.17) is 4.74 Å². The molecular weight excluding hydrogens is 246 g/mol. The minimum absolute atomic E-state index is 0.891.